The van der Waals surface area contributed by atoms with E-state index in [0.29, 0.717) is 6.54 Å². The van der Waals surface area contributed by atoms with Gasteiger partial charge in [-0.15, -0.1) is 6.58 Å². The summed E-state index contributed by atoms with van der Waals surface area (Å²) in [5.74, 6) is 1.93. The Balaban J connectivity index is 2.64. The Hall–Kier alpha value is -1.06. The summed E-state index contributed by atoms with van der Waals surface area (Å²) >= 11 is 0. The van der Waals surface area contributed by atoms with Gasteiger partial charge < -0.3 is 10.2 Å². The van der Waals surface area contributed by atoms with Gasteiger partial charge in [0.15, 0.2) is 0 Å². The number of hydrogen-bond acceptors (Lipinski definition) is 3. The van der Waals surface area contributed by atoms with Crippen LogP contribution in [0, 0.1) is 6.92 Å². The van der Waals surface area contributed by atoms with Crippen molar-refractivity contribution >= 4 is 0 Å². The molecule has 0 aromatic carbocycles. The van der Waals surface area contributed by atoms with E-state index in [4.69, 9.17) is 10.2 Å². The molecule has 1 rings (SSSR count). The fourth-order valence-electron chi connectivity index (χ4n) is 1.82. The van der Waals surface area contributed by atoms with Crippen LogP contribution < -0.4 is 5.73 Å². The Morgan fingerprint density at radius 3 is 2.81 bits per heavy atom. The van der Waals surface area contributed by atoms with E-state index in [1.54, 1.807) is 0 Å². The van der Waals surface area contributed by atoms with Crippen molar-refractivity contribution in [1.29, 1.82) is 0 Å². The Bertz CT molecular complexity index is 331. The van der Waals surface area contributed by atoms with Gasteiger partial charge in [-0.25, -0.2) is 0 Å². The molecule has 0 fully saturated rings. The van der Waals surface area contributed by atoms with E-state index in [-0.39, 0.29) is 0 Å². The molecule has 16 heavy (non-hydrogen) atoms. The molecule has 0 atom stereocenters. The first kappa shape index (κ1) is 13.0. The minimum atomic E-state index is 0.546. The number of rotatable bonds is 7. The van der Waals surface area contributed by atoms with E-state index < -0.39 is 0 Å². The summed E-state index contributed by atoms with van der Waals surface area (Å²) in [7, 11) is 0. The van der Waals surface area contributed by atoms with Crippen molar-refractivity contribution in [2.45, 2.75) is 33.4 Å². The highest BCUT2D eigenvalue weighted by Gasteiger charge is 2.09. The highest BCUT2D eigenvalue weighted by atomic mass is 16.3. The van der Waals surface area contributed by atoms with Crippen LogP contribution in [0.3, 0.4) is 0 Å². The lowest BCUT2D eigenvalue weighted by atomic mass is 10.2. The highest BCUT2D eigenvalue weighted by Crippen LogP contribution is 2.15. The normalized spacial score (nSPS) is 11.0. The molecule has 0 saturated carbocycles. The molecule has 90 valence electrons. The predicted molar refractivity (Wildman–Crippen MR) is 67.1 cm³/mol. The zero-order chi connectivity index (χ0) is 12.0. The molecule has 3 nitrogen and oxygen atoms in total. The first-order chi connectivity index (χ1) is 7.71. The van der Waals surface area contributed by atoms with Gasteiger partial charge in [0.1, 0.15) is 11.5 Å². The molecule has 1 aromatic heterocycles. The molecule has 0 radical (unpaired) electrons. The molecule has 1 heterocycles. The van der Waals surface area contributed by atoms with Crippen molar-refractivity contribution in [2.24, 2.45) is 5.73 Å². The van der Waals surface area contributed by atoms with Gasteiger partial charge in [0.25, 0.3) is 0 Å². The van der Waals surface area contributed by atoms with Crippen LogP contribution in [-0.4, -0.2) is 18.0 Å². The van der Waals surface area contributed by atoms with Crippen molar-refractivity contribution in [3.8, 4) is 0 Å². The van der Waals surface area contributed by atoms with Crippen molar-refractivity contribution in [2.75, 3.05) is 13.1 Å². The third kappa shape index (κ3) is 3.51. The second-order valence-electron chi connectivity index (χ2n) is 4.02. The molecule has 0 aliphatic heterocycles. The van der Waals surface area contributed by atoms with Crippen LogP contribution in [0.25, 0.3) is 0 Å². The number of aryl methyl sites for hydroxylation is 1. The lowest BCUT2D eigenvalue weighted by Crippen LogP contribution is -2.23. The van der Waals surface area contributed by atoms with E-state index in [0.717, 1.165) is 43.1 Å². The molecule has 0 spiro atoms. The standard InChI is InChI=1S/C13H22N2O/c1-4-6-15(7-5-2)10-13-8-12(9-14)11(3)16-13/h4,8H,1,5-7,9-10,14H2,2-3H3. The van der Waals surface area contributed by atoms with E-state index in [1.165, 1.54) is 0 Å². The number of hydrogen-bond donors (Lipinski definition) is 1. The molecule has 0 aliphatic rings. The Kier molecular flexibility index (Phi) is 5.29. The van der Waals surface area contributed by atoms with Crippen LogP contribution in [0.1, 0.15) is 30.4 Å². The average Bonchev–Trinajstić information content (AvgIpc) is 2.59. The quantitative estimate of drug-likeness (QED) is 0.721. The Morgan fingerprint density at radius 1 is 1.56 bits per heavy atom. The monoisotopic (exact) mass is 222 g/mol. The fourth-order valence-corrected chi connectivity index (χ4v) is 1.82. The van der Waals surface area contributed by atoms with Crippen LogP contribution in [0.4, 0.5) is 0 Å². The van der Waals surface area contributed by atoms with Crippen molar-refractivity contribution < 1.29 is 4.42 Å². The maximum absolute atomic E-state index is 5.67. The largest absolute Gasteiger partial charge is 0.465 e. The number of furan rings is 1. The summed E-state index contributed by atoms with van der Waals surface area (Å²) in [6, 6.07) is 2.06. The van der Waals surface area contributed by atoms with Gasteiger partial charge in [0.2, 0.25) is 0 Å². The average molecular weight is 222 g/mol. The Morgan fingerprint density at radius 2 is 2.31 bits per heavy atom. The maximum Gasteiger partial charge on any atom is 0.118 e. The van der Waals surface area contributed by atoms with Gasteiger partial charge in [-0.3, -0.25) is 4.90 Å². The molecule has 0 bridgehead atoms. The van der Waals surface area contributed by atoms with Gasteiger partial charge in [0.05, 0.1) is 6.54 Å². The zero-order valence-electron chi connectivity index (χ0n) is 10.3. The predicted octanol–water partition coefficient (Wildman–Crippen LogP) is 2.44. The first-order valence-corrected chi connectivity index (χ1v) is 5.82. The third-order valence-electron chi connectivity index (χ3n) is 2.60. The summed E-state index contributed by atoms with van der Waals surface area (Å²) in [5, 5.41) is 0. The van der Waals surface area contributed by atoms with Crippen LogP contribution in [0.2, 0.25) is 0 Å². The van der Waals surface area contributed by atoms with E-state index in [1.807, 2.05) is 13.0 Å². The molecule has 0 saturated heterocycles. The van der Waals surface area contributed by atoms with E-state index >= 15 is 0 Å². The molecule has 0 aliphatic carbocycles. The molecule has 0 unspecified atom stereocenters. The van der Waals surface area contributed by atoms with Crippen LogP contribution >= 0.6 is 0 Å². The lowest BCUT2D eigenvalue weighted by molar-refractivity contribution is 0.266. The third-order valence-corrected chi connectivity index (χ3v) is 2.60. The second-order valence-corrected chi connectivity index (χ2v) is 4.02. The second kappa shape index (κ2) is 6.51. The molecule has 3 heteroatoms. The molecule has 0 amide bonds. The highest BCUT2D eigenvalue weighted by molar-refractivity contribution is 5.20. The van der Waals surface area contributed by atoms with Crippen molar-refractivity contribution in [1.82, 2.24) is 4.90 Å². The minimum Gasteiger partial charge on any atom is -0.465 e. The number of nitrogens with two attached hydrogens (primary N) is 1. The van der Waals surface area contributed by atoms with Crippen LogP contribution in [0.5, 0.6) is 0 Å². The summed E-state index contributed by atoms with van der Waals surface area (Å²) < 4.78 is 5.67. The van der Waals surface area contributed by atoms with E-state index in [2.05, 4.69) is 24.5 Å². The maximum atomic E-state index is 5.67. The van der Waals surface area contributed by atoms with Crippen molar-refractivity contribution in [3.05, 3.63) is 35.8 Å². The lowest BCUT2D eigenvalue weighted by Gasteiger charge is -2.17. The van der Waals surface area contributed by atoms with E-state index in [9.17, 15) is 0 Å². The molecule has 1 aromatic rings. The molecule has 2 N–H and O–H groups in total. The smallest absolute Gasteiger partial charge is 0.118 e. The Labute approximate surface area is 97.9 Å². The summed E-state index contributed by atoms with van der Waals surface area (Å²) in [5.41, 5.74) is 6.72. The molecular formula is C13H22N2O. The van der Waals surface area contributed by atoms with Gasteiger partial charge in [-0.2, -0.15) is 0 Å². The fraction of sp³-hybridized carbons (Fsp3) is 0.538. The summed E-state index contributed by atoms with van der Waals surface area (Å²) in [6.45, 7) is 11.2. The van der Waals surface area contributed by atoms with Crippen molar-refractivity contribution in [3.63, 3.8) is 0 Å². The zero-order valence-corrected chi connectivity index (χ0v) is 10.3. The summed E-state index contributed by atoms with van der Waals surface area (Å²) in [4.78, 5) is 2.31. The topological polar surface area (TPSA) is 42.4 Å². The number of nitrogens with zero attached hydrogens (tertiary/aromatic N) is 1. The van der Waals surface area contributed by atoms with Gasteiger partial charge in [-0.05, 0) is 26.0 Å². The minimum absolute atomic E-state index is 0.546. The van der Waals surface area contributed by atoms with Gasteiger partial charge >= 0.3 is 0 Å². The summed E-state index contributed by atoms with van der Waals surface area (Å²) in [6.07, 6.45) is 3.06. The van der Waals surface area contributed by atoms with Crippen LogP contribution in [-0.2, 0) is 13.1 Å². The van der Waals surface area contributed by atoms with Gasteiger partial charge in [-0.1, -0.05) is 13.0 Å². The van der Waals surface area contributed by atoms with Gasteiger partial charge in [0, 0.05) is 18.7 Å². The SMILES string of the molecule is C=CCN(CCC)Cc1cc(CN)c(C)o1. The first-order valence-electron chi connectivity index (χ1n) is 5.82. The molecular weight excluding hydrogens is 200 g/mol. The van der Waals surface area contributed by atoms with Crippen LogP contribution in [0.15, 0.2) is 23.1 Å².